The van der Waals surface area contributed by atoms with Gasteiger partial charge in [-0.15, -0.1) is 0 Å². The van der Waals surface area contributed by atoms with Crippen molar-refractivity contribution in [3.05, 3.63) is 0 Å². The fourth-order valence-electron chi connectivity index (χ4n) is 6.05. The van der Waals surface area contributed by atoms with Gasteiger partial charge in [-0.2, -0.15) is 9.34 Å². The summed E-state index contributed by atoms with van der Waals surface area (Å²) in [5, 5.41) is 0. The average Bonchev–Trinajstić information content (AvgIpc) is 3.46. The predicted molar refractivity (Wildman–Crippen MR) is 118 cm³/mol. The van der Waals surface area contributed by atoms with E-state index in [1.54, 1.807) is 0 Å². The molecule has 2 saturated carbocycles. The standard InChI is InChI=1S/C17H33BN2P.C5H10.Fe/c1-3-15-9-7-13-19(15)21(18,17-11-5-6-12-17)20-14-8-10-16(20)4-2;1-2-4-5-3-1;/h15-17H,3-14H2,1-2H3;1-5H2;/q+1;;/t15-,16-;;/m1../s1. The first-order chi connectivity index (χ1) is 12.7. The van der Waals surface area contributed by atoms with Gasteiger partial charge in [0.15, 0.2) is 0 Å². The molecule has 156 valence electrons. The van der Waals surface area contributed by atoms with Gasteiger partial charge in [0.25, 0.3) is 0 Å². The summed E-state index contributed by atoms with van der Waals surface area (Å²) in [5.41, 5.74) is 0.803. The Morgan fingerprint density at radius 3 is 1.44 bits per heavy atom. The van der Waals surface area contributed by atoms with E-state index in [-0.39, 0.29) is 17.1 Å². The summed E-state index contributed by atoms with van der Waals surface area (Å²) < 4.78 is 5.69. The minimum atomic E-state index is -1.59. The van der Waals surface area contributed by atoms with Crippen LogP contribution in [0, 0.1) is 0 Å². The van der Waals surface area contributed by atoms with E-state index < -0.39 is 7.44 Å². The molecule has 4 fully saturated rings. The van der Waals surface area contributed by atoms with E-state index in [1.807, 2.05) is 0 Å². The molecule has 2 aliphatic carbocycles. The third-order valence-electron chi connectivity index (χ3n) is 7.57. The van der Waals surface area contributed by atoms with E-state index in [4.69, 9.17) is 7.57 Å². The second kappa shape index (κ2) is 12.0. The van der Waals surface area contributed by atoms with Crippen LogP contribution < -0.4 is 0 Å². The van der Waals surface area contributed by atoms with Crippen LogP contribution in [0.2, 0.25) is 0 Å². The van der Waals surface area contributed by atoms with Gasteiger partial charge in [-0.1, -0.05) is 46.0 Å². The topological polar surface area (TPSA) is 6.48 Å². The van der Waals surface area contributed by atoms with E-state index in [9.17, 15) is 0 Å². The van der Waals surface area contributed by atoms with Crippen LogP contribution in [0.4, 0.5) is 0 Å². The maximum Gasteiger partial charge on any atom is 0.409 e. The molecule has 2 heterocycles. The molecule has 0 amide bonds. The van der Waals surface area contributed by atoms with E-state index in [0.717, 1.165) is 17.7 Å². The zero-order valence-corrected chi connectivity index (χ0v) is 20.0. The fraction of sp³-hybridized carbons (Fsp3) is 1.00. The van der Waals surface area contributed by atoms with Gasteiger partial charge in [-0.3, -0.25) is 0 Å². The molecule has 0 aromatic rings. The van der Waals surface area contributed by atoms with Gasteiger partial charge in [0.05, 0.1) is 5.66 Å². The van der Waals surface area contributed by atoms with Crippen LogP contribution in [0.1, 0.15) is 110 Å². The molecular weight excluding hydrogens is 390 g/mol. The summed E-state index contributed by atoms with van der Waals surface area (Å²) in [6, 6.07) is 1.53. The maximum absolute atomic E-state index is 7.41. The second-order valence-electron chi connectivity index (χ2n) is 9.14. The molecule has 2 saturated heterocycles. The number of hydrogen-bond donors (Lipinski definition) is 0. The Hall–Kier alpha value is 0.934. The van der Waals surface area contributed by atoms with Gasteiger partial charge in [-0.25, -0.2) is 0 Å². The summed E-state index contributed by atoms with van der Waals surface area (Å²) in [7, 11) is 5.82. The minimum absolute atomic E-state index is 0. The predicted octanol–water partition coefficient (Wildman–Crippen LogP) is 6.56. The summed E-state index contributed by atoms with van der Waals surface area (Å²) in [5.74, 6) is 0. The Morgan fingerprint density at radius 1 is 0.667 bits per heavy atom. The Bertz CT molecular complexity index is 386. The van der Waals surface area contributed by atoms with Gasteiger partial charge >= 0.3 is 7.57 Å². The van der Waals surface area contributed by atoms with Crippen LogP contribution in [-0.2, 0) is 17.1 Å². The molecule has 0 aromatic carbocycles. The molecule has 2 atom stereocenters. The molecule has 2 nitrogen and oxygen atoms in total. The van der Waals surface area contributed by atoms with Crippen molar-refractivity contribution in [1.29, 1.82) is 0 Å². The molecule has 0 spiro atoms. The van der Waals surface area contributed by atoms with Crippen LogP contribution in [0.5, 0.6) is 0 Å². The Morgan fingerprint density at radius 2 is 1.07 bits per heavy atom. The first-order valence-corrected chi connectivity index (χ1v) is 13.8. The molecule has 0 bridgehead atoms. The summed E-state index contributed by atoms with van der Waals surface area (Å²) in [6.07, 6.45) is 21.2. The molecule has 0 N–H and O–H groups in total. The quantitative estimate of drug-likeness (QED) is 0.358. The number of hydrogen-bond acceptors (Lipinski definition) is 2. The molecule has 5 heteroatoms. The normalized spacial score (nSPS) is 30.3. The van der Waals surface area contributed by atoms with Gasteiger partial charge in [0.2, 0.25) is 0 Å². The van der Waals surface area contributed by atoms with Crippen molar-refractivity contribution in [2.45, 2.75) is 128 Å². The van der Waals surface area contributed by atoms with E-state index in [0.29, 0.717) is 0 Å². The fourth-order valence-corrected chi connectivity index (χ4v) is 10.8. The summed E-state index contributed by atoms with van der Waals surface area (Å²) in [6.45, 7) is 7.27. The van der Waals surface area contributed by atoms with Gasteiger partial charge < -0.3 is 0 Å². The third kappa shape index (κ3) is 5.55. The van der Waals surface area contributed by atoms with Crippen molar-refractivity contribution in [2.75, 3.05) is 13.1 Å². The molecule has 4 rings (SSSR count). The maximum atomic E-state index is 7.41. The van der Waals surface area contributed by atoms with Crippen molar-refractivity contribution < 1.29 is 17.1 Å². The first kappa shape index (κ1) is 24.2. The van der Waals surface area contributed by atoms with Crippen LogP contribution in [0.15, 0.2) is 0 Å². The van der Waals surface area contributed by atoms with E-state index in [2.05, 4.69) is 23.2 Å². The Balaban J connectivity index is 0.000000379. The van der Waals surface area contributed by atoms with Gasteiger partial charge in [0.1, 0.15) is 7.44 Å². The van der Waals surface area contributed by atoms with Crippen molar-refractivity contribution in [3.63, 3.8) is 0 Å². The average molecular weight is 433 g/mol. The monoisotopic (exact) mass is 433 g/mol. The second-order valence-corrected chi connectivity index (χ2v) is 12.3. The van der Waals surface area contributed by atoms with Crippen LogP contribution in [0.3, 0.4) is 0 Å². The molecule has 27 heavy (non-hydrogen) atoms. The number of nitrogens with zero attached hydrogens (tertiary/aromatic N) is 2. The van der Waals surface area contributed by atoms with Gasteiger partial charge in [-0.05, 0) is 64.2 Å². The van der Waals surface area contributed by atoms with Crippen LogP contribution in [-0.4, -0.2) is 47.7 Å². The largest absolute Gasteiger partial charge is 0.409 e. The molecule has 0 aromatic heterocycles. The smallest absolute Gasteiger partial charge is 0.177 e. The van der Waals surface area contributed by atoms with Crippen molar-refractivity contribution >= 4 is 15.0 Å². The van der Waals surface area contributed by atoms with Crippen LogP contribution >= 0.6 is 7.44 Å². The SMILES string of the molecule is C1CCCC1.[B][P+](C1CCCC1)(N1CCC[C@H]1CC)N1CCC[C@H]1CC.[Fe]. The zero-order valence-electron chi connectivity index (χ0n) is 18.0. The molecule has 0 unspecified atom stereocenters. The summed E-state index contributed by atoms with van der Waals surface area (Å²) >= 11 is 0. The van der Waals surface area contributed by atoms with Crippen LogP contribution in [0.25, 0.3) is 0 Å². The summed E-state index contributed by atoms with van der Waals surface area (Å²) in [4.78, 5) is 0. The van der Waals surface area contributed by atoms with E-state index >= 15 is 0 Å². The number of rotatable bonds is 5. The van der Waals surface area contributed by atoms with Gasteiger partial charge in [0, 0.05) is 42.2 Å². The first-order valence-electron chi connectivity index (χ1n) is 11.9. The van der Waals surface area contributed by atoms with Crippen molar-refractivity contribution in [2.24, 2.45) is 0 Å². The Labute approximate surface area is 182 Å². The van der Waals surface area contributed by atoms with E-state index in [1.165, 1.54) is 109 Å². The minimum Gasteiger partial charge on any atom is -0.177 e. The molecule has 2 aliphatic heterocycles. The molecule has 4 aliphatic rings. The third-order valence-corrected chi connectivity index (χ3v) is 11.9. The molecular formula is C22H43BFeN2P+. The van der Waals surface area contributed by atoms with Crippen molar-refractivity contribution in [1.82, 2.24) is 9.34 Å². The zero-order chi connectivity index (χ0) is 18.4. The van der Waals surface area contributed by atoms with Crippen molar-refractivity contribution in [3.8, 4) is 0 Å². The molecule has 2 radical (unpaired) electrons. The Kier molecular flexibility index (Phi) is 10.7.